The van der Waals surface area contributed by atoms with E-state index in [2.05, 4.69) is 0 Å². The van der Waals surface area contributed by atoms with E-state index in [0.29, 0.717) is 5.56 Å². The molecule has 1 aromatic rings. The number of aliphatic hydroxyl groups is 1. The summed E-state index contributed by atoms with van der Waals surface area (Å²) in [6.07, 6.45) is 0. The molecule has 3 nitrogen and oxygen atoms in total. The second kappa shape index (κ2) is 3.58. The van der Waals surface area contributed by atoms with E-state index in [1.165, 1.54) is 6.07 Å². The summed E-state index contributed by atoms with van der Waals surface area (Å²) < 4.78 is 0. The Morgan fingerprint density at radius 1 is 1.38 bits per heavy atom. The normalized spacial score (nSPS) is 10.1. The predicted octanol–water partition coefficient (Wildman–Crippen LogP) is 1.49. The van der Waals surface area contributed by atoms with Gasteiger partial charge < -0.3 is 10.2 Å². The van der Waals surface area contributed by atoms with Crippen LogP contribution in [0.25, 0.3) is 0 Å². The molecule has 0 saturated carbocycles. The van der Waals surface area contributed by atoms with Crippen LogP contribution in [0.3, 0.4) is 0 Å². The Kier molecular flexibility index (Phi) is 2.68. The average Bonchev–Trinajstić information content (AvgIpc) is 2.09. The van der Waals surface area contributed by atoms with Crippen molar-refractivity contribution in [2.24, 2.45) is 0 Å². The van der Waals surface area contributed by atoms with Crippen LogP contribution in [0.4, 0.5) is 0 Å². The number of benzene rings is 1. The fourth-order valence-electron chi connectivity index (χ4n) is 1.22. The van der Waals surface area contributed by atoms with E-state index in [1.807, 2.05) is 13.8 Å². The molecular formula is C10H12O3. The number of hydrogen-bond donors (Lipinski definition) is 2. The Hall–Kier alpha value is -1.35. The Bertz CT molecular complexity index is 342. The van der Waals surface area contributed by atoms with Crippen molar-refractivity contribution in [1.29, 1.82) is 0 Å². The lowest BCUT2D eigenvalue weighted by molar-refractivity contribution is 0.0696. The van der Waals surface area contributed by atoms with Gasteiger partial charge in [-0.2, -0.15) is 0 Å². The molecule has 0 amide bonds. The summed E-state index contributed by atoms with van der Waals surface area (Å²) in [5.74, 6) is -0.960. The van der Waals surface area contributed by atoms with Crippen LogP contribution in [-0.4, -0.2) is 16.2 Å². The quantitative estimate of drug-likeness (QED) is 0.725. The van der Waals surface area contributed by atoms with Gasteiger partial charge in [0.2, 0.25) is 0 Å². The Morgan fingerprint density at radius 2 is 2.00 bits per heavy atom. The first kappa shape index (κ1) is 9.74. The summed E-state index contributed by atoms with van der Waals surface area (Å²) in [5, 5.41) is 17.7. The number of aromatic carboxylic acids is 1. The molecule has 0 aliphatic carbocycles. The van der Waals surface area contributed by atoms with Gasteiger partial charge in [0.25, 0.3) is 0 Å². The molecule has 0 aromatic heterocycles. The topological polar surface area (TPSA) is 57.5 Å². The third-order valence-corrected chi connectivity index (χ3v) is 2.19. The van der Waals surface area contributed by atoms with E-state index in [-0.39, 0.29) is 12.2 Å². The summed E-state index contributed by atoms with van der Waals surface area (Å²) in [6, 6.07) is 3.11. The zero-order valence-corrected chi connectivity index (χ0v) is 7.66. The highest BCUT2D eigenvalue weighted by molar-refractivity contribution is 5.88. The number of hydrogen-bond acceptors (Lipinski definition) is 2. The first-order chi connectivity index (χ1) is 6.06. The van der Waals surface area contributed by atoms with Crippen LogP contribution in [0.15, 0.2) is 12.1 Å². The number of carboxylic acid groups (broad SMARTS) is 1. The second-order valence-electron chi connectivity index (χ2n) is 3.04. The highest BCUT2D eigenvalue weighted by Crippen LogP contribution is 2.16. The van der Waals surface area contributed by atoms with Crippen LogP contribution in [0.1, 0.15) is 27.0 Å². The number of aryl methyl sites for hydroxylation is 1. The lowest BCUT2D eigenvalue weighted by atomic mass is 10.0. The van der Waals surface area contributed by atoms with Crippen LogP contribution in [0.2, 0.25) is 0 Å². The van der Waals surface area contributed by atoms with Crippen LogP contribution in [0.5, 0.6) is 0 Å². The van der Waals surface area contributed by atoms with Crippen molar-refractivity contribution in [2.45, 2.75) is 20.5 Å². The van der Waals surface area contributed by atoms with Crippen LogP contribution < -0.4 is 0 Å². The highest BCUT2D eigenvalue weighted by Gasteiger charge is 2.08. The van der Waals surface area contributed by atoms with Gasteiger partial charge in [0, 0.05) is 0 Å². The molecule has 13 heavy (non-hydrogen) atoms. The summed E-state index contributed by atoms with van der Waals surface area (Å²) in [5.41, 5.74) is 2.75. The zero-order valence-electron chi connectivity index (χ0n) is 7.66. The minimum absolute atomic E-state index is 0.117. The van der Waals surface area contributed by atoms with Crippen molar-refractivity contribution >= 4 is 5.97 Å². The Labute approximate surface area is 76.6 Å². The smallest absolute Gasteiger partial charge is 0.335 e. The van der Waals surface area contributed by atoms with Crippen molar-refractivity contribution in [1.82, 2.24) is 0 Å². The third-order valence-electron chi connectivity index (χ3n) is 2.19. The molecule has 3 heteroatoms. The van der Waals surface area contributed by atoms with E-state index in [9.17, 15) is 4.79 Å². The van der Waals surface area contributed by atoms with Gasteiger partial charge in [-0.25, -0.2) is 4.79 Å². The van der Waals surface area contributed by atoms with Gasteiger partial charge >= 0.3 is 5.97 Å². The molecule has 0 atom stereocenters. The molecule has 70 valence electrons. The molecular weight excluding hydrogens is 168 g/mol. The van der Waals surface area contributed by atoms with Crippen LogP contribution >= 0.6 is 0 Å². The Balaban J connectivity index is 3.30. The van der Waals surface area contributed by atoms with E-state index in [4.69, 9.17) is 10.2 Å². The maximum absolute atomic E-state index is 10.7. The molecule has 0 fully saturated rings. The monoisotopic (exact) mass is 180 g/mol. The largest absolute Gasteiger partial charge is 0.478 e. The molecule has 0 saturated heterocycles. The number of carbonyl (C=O) groups is 1. The van der Waals surface area contributed by atoms with E-state index in [0.717, 1.165) is 11.1 Å². The molecule has 0 aliphatic heterocycles. The third kappa shape index (κ3) is 1.87. The van der Waals surface area contributed by atoms with Gasteiger partial charge in [-0.3, -0.25) is 0 Å². The molecule has 0 spiro atoms. The minimum Gasteiger partial charge on any atom is -0.478 e. The minimum atomic E-state index is -0.960. The molecule has 1 rings (SSSR count). The Morgan fingerprint density at radius 3 is 2.46 bits per heavy atom. The lowest BCUT2D eigenvalue weighted by Gasteiger charge is -2.07. The van der Waals surface area contributed by atoms with E-state index < -0.39 is 5.97 Å². The van der Waals surface area contributed by atoms with Crippen molar-refractivity contribution in [3.63, 3.8) is 0 Å². The van der Waals surface area contributed by atoms with Gasteiger partial charge in [-0.05, 0) is 42.7 Å². The highest BCUT2D eigenvalue weighted by atomic mass is 16.4. The first-order valence-electron chi connectivity index (χ1n) is 4.00. The molecule has 0 radical (unpaired) electrons. The first-order valence-corrected chi connectivity index (χ1v) is 4.00. The van der Waals surface area contributed by atoms with Crippen molar-refractivity contribution in [2.75, 3.05) is 0 Å². The fourth-order valence-corrected chi connectivity index (χ4v) is 1.22. The van der Waals surface area contributed by atoms with E-state index in [1.54, 1.807) is 6.07 Å². The summed E-state index contributed by atoms with van der Waals surface area (Å²) in [4.78, 5) is 10.7. The number of carboxylic acids is 1. The zero-order chi connectivity index (χ0) is 10.0. The molecule has 1 aromatic carbocycles. The molecule has 0 bridgehead atoms. The van der Waals surface area contributed by atoms with Crippen molar-refractivity contribution < 1.29 is 15.0 Å². The predicted molar refractivity (Wildman–Crippen MR) is 48.8 cm³/mol. The number of rotatable bonds is 2. The van der Waals surface area contributed by atoms with Gasteiger partial charge in [0.1, 0.15) is 0 Å². The second-order valence-corrected chi connectivity index (χ2v) is 3.04. The average molecular weight is 180 g/mol. The maximum Gasteiger partial charge on any atom is 0.335 e. The van der Waals surface area contributed by atoms with Gasteiger partial charge in [0.05, 0.1) is 12.2 Å². The molecule has 0 aliphatic rings. The summed E-state index contributed by atoms with van der Waals surface area (Å²) in [7, 11) is 0. The summed E-state index contributed by atoms with van der Waals surface area (Å²) in [6.45, 7) is 3.58. The SMILES string of the molecule is Cc1cc(C(=O)O)cc(CO)c1C. The lowest BCUT2D eigenvalue weighted by Crippen LogP contribution is -2.01. The van der Waals surface area contributed by atoms with Crippen LogP contribution in [0, 0.1) is 13.8 Å². The summed E-state index contributed by atoms with van der Waals surface area (Å²) >= 11 is 0. The standard InChI is InChI=1S/C10H12O3/c1-6-3-8(10(12)13)4-9(5-11)7(6)2/h3-4,11H,5H2,1-2H3,(H,12,13). The maximum atomic E-state index is 10.7. The molecule has 0 unspecified atom stereocenters. The molecule has 0 heterocycles. The fraction of sp³-hybridized carbons (Fsp3) is 0.300. The van der Waals surface area contributed by atoms with Crippen molar-refractivity contribution in [3.8, 4) is 0 Å². The van der Waals surface area contributed by atoms with E-state index >= 15 is 0 Å². The number of aliphatic hydroxyl groups excluding tert-OH is 1. The van der Waals surface area contributed by atoms with Gasteiger partial charge in [-0.1, -0.05) is 0 Å². The van der Waals surface area contributed by atoms with Crippen LogP contribution in [-0.2, 0) is 6.61 Å². The van der Waals surface area contributed by atoms with Gasteiger partial charge in [0.15, 0.2) is 0 Å². The van der Waals surface area contributed by atoms with Crippen molar-refractivity contribution in [3.05, 3.63) is 34.4 Å². The van der Waals surface area contributed by atoms with Gasteiger partial charge in [-0.15, -0.1) is 0 Å². The molecule has 2 N–H and O–H groups in total.